The van der Waals surface area contributed by atoms with Crippen molar-refractivity contribution in [3.63, 3.8) is 0 Å². The maximum atomic E-state index is 14.2. The lowest BCUT2D eigenvalue weighted by Gasteiger charge is -2.38. The number of carboxylic acids is 1. The number of aliphatic carboxylic acids is 1. The molecule has 2 aliphatic rings. The number of ether oxygens (including phenoxy) is 2. The molecule has 3 heterocycles. The van der Waals surface area contributed by atoms with Gasteiger partial charge in [0.05, 0.1) is 25.9 Å². The van der Waals surface area contributed by atoms with Gasteiger partial charge < -0.3 is 19.9 Å². The number of benzene rings is 1. The Hall–Kier alpha value is -3.22. The number of carboxylic acid groups (broad SMARTS) is 1. The molecular formula is C22H22F2N4O5S. The van der Waals surface area contributed by atoms with Crippen LogP contribution < -0.4 is 5.32 Å². The Bertz CT molecular complexity index is 1170. The molecule has 34 heavy (non-hydrogen) atoms. The van der Waals surface area contributed by atoms with Crippen molar-refractivity contribution < 1.29 is 33.0 Å². The molecule has 0 radical (unpaired) electrons. The largest absolute Gasteiger partial charge is 0.480 e. The summed E-state index contributed by atoms with van der Waals surface area (Å²) >= 11 is 1.29. The van der Waals surface area contributed by atoms with Crippen LogP contribution in [0.15, 0.2) is 46.0 Å². The summed E-state index contributed by atoms with van der Waals surface area (Å²) in [5.74, 6) is -3.62. The van der Waals surface area contributed by atoms with E-state index in [1.807, 2.05) is 0 Å². The van der Waals surface area contributed by atoms with E-state index < -0.39 is 35.2 Å². The van der Waals surface area contributed by atoms with Gasteiger partial charge in [-0.05, 0) is 24.6 Å². The van der Waals surface area contributed by atoms with Crippen LogP contribution in [0, 0.1) is 11.6 Å². The van der Waals surface area contributed by atoms with Crippen molar-refractivity contribution >= 4 is 29.1 Å². The first-order valence-electron chi connectivity index (χ1n) is 10.3. The number of carbonyl (C=O) groups excluding carboxylic acids is 1. The summed E-state index contributed by atoms with van der Waals surface area (Å²) in [6, 6.07) is 2.37. The summed E-state index contributed by atoms with van der Waals surface area (Å²) in [7, 11) is 1.20. The number of thiazole rings is 1. The summed E-state index contributed by atoms with van der Waals surface area (Å²) < 4.78 is 38.3. The minimum absolute atomic E-state index is 0.00988. The lowest BCUT2D eigenvalue weighted by molar-refractivity contribution is -0.149. The number of hydrogen-bond donors (Lipinski definition) is 2. The molecule has 4 rings (SSSR count). The summed E-state index contributed by atoms with van der Waals surface area (Å²) in [5.41, 5.74) is -0.880. The molecule has 180 valence electrons. The highest BCUT2D eigenvalue weighted by molar-refractivity contribution is 7.11. The summed E-state index contributed by atoms with van der Waals surface area (Å²) in [6.45, 7) is 2.23. The average molecular weight is 493 g/mol. The van der Waals surface area contributed by atoms with Crippen LogP contribution in [0.5, 0.6) is 0 Å². The Labute approximate surface area is 197 Å². The van der Waals surface area contributed by atoms with E-state index >= 15 is 0 Å². The Morgan fingerprint density at radius 2 is 2.18 bits per heavy atom. The van der Waals surface area contributed by atoms with Crippen molar-refractivity contribution in [1.82, 2.24) is 15.2 Å². The van der Waals surface area contributed by atoms with E-state index in [2.05, 4.69) is 10.3 Å². The van der Waals surface area contributed by atoms with E-state index in [-0.39, 0.29) is 24.3 Å². The molecule has 0 spiro atoms. The van der Waals surface area contributed by atoms with Gasteiger partial charge in [-0.2, -0.15) is 0 Å². The third kappa shape index (κ3) is 4.43. The SMILES string of the molecule is COC(=O)C1=C(CN2CCOC[C@H]2C(=O)O)NC(c2nccs2)=NC1(C)c1ccc(F)c(F)c1. The Morgan fingerprint density at radius 1 is 1.38 bits per heavy atom. The van der Waals surface area contributed by atoms with E-state index in [4.69, 9.17) is 14.5 Å². The molecule has 2 aliphatic heterocycles. The Morgan fingerprint density at radius 3 is 2.82 bits per heavy atom. The van der Waals surface area contributed by atoms with Crippen LogP contribution in [0.2, 0.25) is 0 Å². The Balaban J connectivity index is 1.88. The highest BCUT2D eigenvalue weighted by Crippen LogP contribution is 2.39. The number of hydrogen-bond acceptors (Lipinski definition) is 9. The molecule has 1 unspecified atom stereocenters. The minimum Gasteiger partial charge on any atom is -0.480 e. The van der Waals surface area contributed by atoms with Crippen LogP contribution >= 0.6 is 11.3 Å². The second-order valence-electron chi connectivity index (χ2n) is 7.87. The topological polar surface area (TPSA) is 113 Å². The van der Waals surface area contributed by atoms with Gasteiger partial charge in [0.2, 0.25) is 0 Å². The molecular weight excluding hydrogens is 470 g/mol. The minimum atomic E-state index is -1.48. The van der Waals surface area contributed by atoms with Gasteiger partial charge >= 0.3 is 11.9 Å². The zero-order chi connectivity index (χ0) is 24.5. The molecule has 1 saturated heterocycles. The van der Waals surface area contributed by atoms with Crippen molar-refractivity contribution in [2.75, 3.05) is 33.4 Å². The first-order chi connectivity index (χ1) is 16.2. The van der Waals surface area contributed by atoms with Gasteiger partial charge in [0.25, 0.3) is 0 Å². The van der Waals surface area contributed by atoms with Gasteiger partial charge in [-0.1, -0.05) is 6.07 Å². The molecule has 1 aromatic carbocycles. The number of rotatable bonds is 6. The number of nitrogens with one attached hydrogen (secondary N) is 1. The zero-order valence-electron chi connectivity index (χ0n) is 18.4. The van der Waals surface area contributed by atoms with Crippen molar-refractivity contribution in [1.29, 1.82) is 0 Å². The van der Waals surface area contributed by atoms with Crippen molar-refractivity contribution in [3.8, 4) is 0 Å². The molecule has 2 N–H and O–H groups in total. The number of esters is 1. The number of morpholine rings is 1. The maximum Gasteiger partial charge on any atom is 0.338 e. The van der Waals surface area contributed by atoms with Crippen molar-refractivity contribution in [2.45, 2.75) is 18.5 Å². The molecule has 0 bridgehead atoms. The number of halogens is 2. The van der Waals surface area contributed by atoms with Gasteiger partial charge in [-0.15, -0.1) is 11.3 Å². The van der Waals surface area contributed by atoms with Gasteiger partial charge in [0.1, 0.15) is 11.6 Å². The van der Waals surface area contributed by atoms with Crippen LogP contribution in [0.3, 0.4) is 0 Å². The highest BCUT2D eigenvalue weighted by atomic mass is 32.1. The second-order valence-corrected chi connectivity index (χ2v) is 8.76. The number of nitrogens with zero attached hydrogens (tertiary/aromatic N) is 3. The average Bonchev–Trinajstić information content (AvgIpc) is 3.35. The normalized spacial score (nSPS) is 23.3. The van der Waals surface area contributed by atoms with Crippen LogP contribution in [0.4, 0.5) is 8.78 Å². The van der Waals surface area contributed by atoms with E-state index in [0.717, 1.165) is 12.1 Å². The van der Waals surface area contributed by atoms with E-state index in [1.54, 1.807) is 23.4 Å². The lowest BCUT2D eigenvalue weighted by atomic mass is 9.82. The number of amidine groups is 1. The summed E-state index contributed by atoms with van der Waals surface area (Å²) in [4.78, 5) is 35.4. The standard InChI is InChI=1S/C22H22F2N4O5S/c1-22(12-3-4-13(23)14(24)9-12)17(21(31)32-2)15(26-18(27-22)19-25-5-8-34-19)10-28-6-7-33-11-16(28)20(29)30/h3-5,8-9,16H,6-7,10-11H2,1-2H3,(H,26,27)(H,29,30)/t16-,22?/m0/s1. The quantitative estimate of drug-likeness (QED) is 0.588. The summed E-state index contributed by atoms with van der Waals surface area (Å²) in [5, 5.41) is 15.0. The summed E-state index contributed by atoms with van der Waals surface area (Å²) in [6.07, 6.45) is 1.58. The lowest BCUT2D eigenvalue weighted by Crippen LogP contribution is -2.53. The third-order valence-electron chi connectivity index (χ3n) is 5.79. The van der Waals surface area contributed by atoms with Crippen LogP contribution in [0.25, 0.3) is 0 Å². The first-order valence-corrected chi connectivity index (χ1v) is 11.2. The van der Waals surface area contributed by atoms with E-state index in [1.165, 1.54) is 24.5 Å². The molecule has 1 aromatic heterocycles. The fourth-order valence-electron chi connectivity index (χ4n) is 4.06. The highest BCUT2D eigenvalue weighted by Gasteiger charge is 2.44. The van der Waals surface area contributed by atoms with Crippen molar-refractivity contribution in [2.24, 2.45) is 4.99 Å². The predicted molar refractivity (Wildman–Crippen MR) is 118 cm³/mol. The third-order valence-corrected chi connectivity index (χ3v) is 6.56. The molecule has 12 heteroatoms. The van der Waals surface area contributed by atoms with Gasteiger partial charge in [-0.25, -0.2) is 23.6 Å². The fourth-order valence-corrected chi connectivity index (χ4v) is 4.64. The van der Waals surface area contributed by atoms with Gasteiger partial charge in [0.15, 0.2) is 22.5 Å². The van der Waals surface area contributed by atoms with Crippen LogP contribution in [-0.4, -0.2) is 72.2 Å². The molecule has 0 amide bonds. The first kappa shape index (κ1) is 23.9. The molecule has 0 saturated carbocycles. The maximum absolute atomic E-state index is 14.2. The van der Waals surface area contributed by atoms with E-state index in [0.29, 0.717) is 29.7 Å². The number of methoxy groups -OCH3 is 1. The van der Waals surface area contributed by atoms with Gasteiger partial charge in [-0.3, -0.25) is 9.69 Å². The predicted octanol–water partition coefficient (Wildman–Crippen LogP) is 1.90. The fraction of sp³-hybridized carbons (Fsp3) is 0.364. The molecule has 0 aliphatic carbocycles. The monoisotopic (exact) mass is 492 g/mol. The molecule has 9 nitrogen and oxygen atoms in total. The molecule has 2 atom stereocenters. The van der Waals surface area contributed by atoms with E-state index in [9.17, 15) is 23.5 Å². The molecule has 2 aromatic rings. The van der Waals surface area contributed by atoms with Crippen molar-refractivity contribution in [3.05, 3.63) is 63.3 Å². The smallest absolute Gasteiger partial charge is 0.338 e. The number of aliphatic imine (C=N–C) groups is 1. The van der Waals surface area contributed by atoms with Crippen LogP contribution in [0.1, 0.15) is 17.5 Å². The number of carbonyl (C=O) groups is 2. The van der Waals surface area contributed by atoms with Crippen LogP contribution in [-0.2, 0) is 24.6 Å². The Kier molecular flexibility index (Phi) is 6.73. The van der Waals surface area contributed by atoms with Gasteiger partial charge in [0, 0.05) is 30.4 Å². The second kappa shape index (κ2) is 9.57. The number of aromatic nitrogens is 1. The zero-order valence-corrected chi connectivity index (χ0v) is 19.2. The molecule has 1 fully saturated rings.